The van der Waals surface area contributed by atoms with Crippen LogP contribution >= 0.6 is 0 Å². The Balaban J connectivity index is 0.00000242. The summed E-state index contributed by atoms with van der Waals surface area (Å²) >= 11 is 0. The van der Waals surface area contributed by atoms with E-state index in [0.29, 0.717) is 0 Å². The summed E-state index contributed by atoms with van der Waals surface area (Å²) in [5.74, 6) is 0. The molecule has 0 N–H and O–H groups in total. The minimum Gasteiger partial charge on any atom is -1.00 e. The molecule has 22 heavy (non-hydrogen) atoms. The average molecular weight is 360 g/mol. The van der Waals surface area contributed by atoms with E-state index in [1.165, 1.54) is 30.4 Å². The molecule has 3 heteroatoms. The molecule has 0 amide bonds. The zero-order valence-corrected chi connectivity index (χ0v) is 14.6. The number of unbranched alkanes of at least 4 members (excludes halogenated alkanes) is 2. The SMILES string of the molecule is C=Cc1cc[n+](CCCCC[n+]2ccc(C=C)cc2)cc1.[Br-]. The number of hydrogen-bond donors (Lipinski definition) is 0. The number of rotatable bonds is 8. The van der Waals surface area contributed by atoms with Gasteiger partial charge in [-0.15, -0.1) is 0 Å². The maximum atomic E-state index is 3.77. The largest absolute Gasteiger partial charge is 1.00 e. The van der Waals surface area contributed by atoms with Crippen LogP contribution in [0.15, 0.2) is 62.2 Å². The number of nitrogens with zero attached hydrogens (tertiary/aromatic N) is 2. The van der Waals surface area contributed by atoms with E-state index < -0.39 is 0 Å². The van der Waals surface area contributed by atoms with Gasteiger partial charge < -0.3 is 17.0 Å². The quantitative estimate of drug-likeness (QED) is 0.476. The van der Waals surface area contributed by atoms with Crippen LogP contribution in [0.25, 0.3) is 12.2 Å². The van der Waals surface area contributed by atoms with Crippen molar-refractivity contribution in [1.29, 1.82) is 0 Å². The summed E-state index contributed by atoms with van der Waals surface area (Å²) in [7, 11) is 0. The highest BCUT2D eigenvalue weighted by Gasteiger charge is 2.02. The van der Waals surface area contributed by atoms with Crippen LogP contribution in [0.1, 0.15) is 30.4 Å². The summed E-state index contributed by atoms with van der Waals surface area (Å²) in [6, 6.07) is 8.40. The molecule has 0 aliphatic carbocycles. The third-order valence-electron chi connectivity index (χ3n) is 3.64. The third kappa shape index (κ3) is 5.94. The van der Waals surface area contributed by atoms with Crippen LogP contribution < -0.4 is 26.1 Å². The van der Waals surface area contributed by atoms with E-state index in [2.05, 4.69) is 71.3 Å². The van der Waals surface area contributed by atoms with Crippen LogP contribution in [0, 0.1) is 0 Å². The molecule has 116 valence electrons. The number of halogens is 1. The van der Waals surface area contributed by atoms with E-state index in [1.807, 2.05) is 12.2 Å². The maximum absolute atomic E-state index is 3.77. The van der Waals surface area contributed by atoms with E-state index in [4.69, 9.17) is 0 Å². The summed E-state index contributed by atoms with van der Waals surface area (Å²) in [6.45, 7) is 9.70. The minimum absolute atomic E-state index is 0. The van der Waals surface area contributed by atoms with Crippen molar-refractivity contribution in [2.45, 2.75) is 32.4 Å². The first-order valence-corrected chi connectivity index (χ1v) is 7.55. The van der Waals surface area contributed by atoms with Gasteiger partial charge in [0.25, 0.3) is 0 Å². The second kappa shape index (κ2) is 10.1. The van der Waals surface area contributed by atoms with Crippen molar-refractivity contribution < 1.29 is 26.1 Å². The number of aromatic nitrogens is 2. The first kappa shape index (κ1) is 18.3. The highest BCUT2D eigenvalue weighted by molar-refractivity contribution is 5.44. The Morgan fingerprint density at radius 2 is 1.05 bits per heavy atom. The molecule has 2 nitrogen and oxygen atoms in total. The molecule has 2 aromatic heterocycles. The van der Waals surface area contributed by atoms with Gasteiger partial charge in [0.15, 0.2) is 24.8 Å². The monoisotopic (exact) mass is 359 g/mol. The van der Waals surface area contributed by atoms with Crippen LogP contribution in [0.5, 0.6) is 0 Å². The fourth-order valence-corrected chi connectivity index (χ4v) is 2.27. The van der Waals surface area contributed by atoms with Crippen molar-refractivity contribution in [3.05, 3.63) is 73.3 Å². The summed E-state index contributed by atoms with van der Waals surface area (Å²) < 4.78 is 4.47. The maximum Gasteiger partial charge on any atom is 0.169 e. The summed E-state index contributed by atoms with van der Waals surface area (Å²) in [5, 5.41) is 0. The Kier molecular flexibility index (Phi) is 8.38. The first-order chi connectivity index (χ1) is 10.3. The zero-order valence-electron chi connectivity index (χ0n) is 13.0. The van der Waals surface area contributed by atoms with Crippen molar-refractivity contribution >= 4 is 12.2 Å². The van der Waals surface area contributed by atoms with E-state index >= 15 is 0 Å². The molecule has 0 saturated heterocycles. The van der Waals surface area contributed by atoms with Crippen LogP contribution in [0.2, 0.25) is 0 Å². The van der Waals surface area contributed by atoms with Crippen molar-refractivity contribution in [2.24, 2.45) is 0 Å². The van der Waals surface area contributed by atoms with E-state index in [1.54, 1.807) is 0 Å². The highest BCUT2D eigenvalue weighted by Crippen LogP contribution is 1.99. The lowest BCUT2D eigenvalue weighted by molar-refractivity contribution is -0.701. The molecule has 2 heterocycles. The minimum atomic E-state index is 0. The van der Waals surface area contributed by atoms with Gasteiger partial charge in [0.1, 0.15) is 13.1 Å². The van der Waals surface area contributed by atoms with Crippen LogP contribution in [0.3, 0.4) is 0 Å². The molecule has 0 aliphatic rings. The molecular formula is C19H24BrN2+. The Labute approximate surface area is 144 Å². The molecule has 0 fully saturated rings. The molecule has 0 bridgehead atoms. The molecular weight excluding hydrogens is 336 g/mol. The van der Waals surface area contributed by atoms with E-state index in [-0.39, 0.29) is 17.0 Å². The Morgan fingerprint density at radius 1 is 0.682 bits per heavy atom. The molecule has 0 radical (unpaired) electrons. The van der Waals surface area contributed by atoms with Gasteiger partial charge in [-0.2, -0.15) is 0 Å². The predicted octanol–water partition coefficient (Wildman–Crippen LogP) is 0.422. The number of pyridine rings is 2. The average Bonchev–Trinajstić information content (AvgIpc) is 2.55. The van der Waals surface area contributed by atoms with Crippen LogP contribution in [-0.2, 0) is 13.1 Å². The molecule has 0 unspecified atom stereocenters. The molecule has 0 atom stereocenters. The van der Waals surface area contributed by atoms with Gasteiger partial charge in [-0.3, -0.25) is 0 Å². The molecule has 2 rings (SSSR count). The van der Waals surface area contributed by atoms with Gasteiger partial charge in [-0.25, -0.2) is 9.13 Å². The number of aryl methyl sites for hydroxylation is 2. The standard InChI is InChI=1S/C19H24N2.BrH/c1-3-18-8-14-20(15-9-18)12-6-5-7-13-21-16-10-19(4-2)11-17-21;/h3-4,8-11,14-17H,1-2,5-7,12-13H2;1H/q+2;/p-1. The van der Waals surface area contributed by atoms with Gasteiger partial charge in [0.2, 0.25) is 0 Å². The van der Waals surface area contributed by atoms with Crippen molar-refractivity contribution in [1.82, 2.24) is 0 Å². The van der Waals surface area contributed by atoms with Crippen molar-refractivity contribution in [2.75, 3.05) is 0 Å². The molecule has 0 aromatic carbocycles. The Hall–Kier alpha value is -1.74. The van der Waals surface area contributed by atoms with Crippen LogP contribution in [0.4, 0.5) is 0 Å². The fraction of sp³-hybridized carbons (Fsp3) is 0.263. The molecule has 0 saturated carbocycles. The molecule has 0 spiro atoms. The summed E-state index contributed by atoms with van der Waals surface area (Å²) in [5.41, 5.74) is 2.34. The lowest BCUT2D eigenvalue weighted by atomic mass is 10.2. The summed E-state index contributed by atoms with van der Waals surface area (Å²) in [6.07, 6.45) is 15.9. The van der Waals surface area contributed by atoms with Gasteiger partial charge in [-0.05, 0) is 17.5 Å². The van der Waals surface area contributed by atoms with E-state index in [0.717, 1.165) is 13.1 Å². The zero-order chi connectivity index (χ0) is 14.9. The fourth-order valence-electron chi connectivity index (χ4n) is 2.27. The van der Waals surface area contributed by atoms with Crippen LogP contribution in [-0.4, -0.2) is 0 Å². The normalized spacial score (nSPS) is 9.82. The van der Waals surface area contributed by atoms with Crippen molar-refractivity contribution in [3.63, 3.8) is 0 Å². The van der Waals surface area contributed by atoms with Gasteiger partial charge >= 0.3 is 0 Å². The third-order valence-corrected chi connectivity index (χ3v) is 3.64. The lowest BCUT2D eigenvalue weighted by Crippen LogP contribution is -3.00. The summed E-state index contributed by atoms with van der Waals surface area (Å²) in [4.78, 5) is 0. The predicted molar refractivity (Wildman–Crippen MR) is 87.3 cm³/mol. The van der Waals surface area contributed by atoms with Crippen molar-refractivity contribution in [3.8, 4) is 0 Å². The second-order valence-corrected chi connectivity index (χ2v) is 5.21. The van der Waals surface area contributed by atoms with Gasteiger partial charge in [-0.1, -0.05) is 25.3 Å². The van der Waals surface area contributed by atoms with Gasteiger partial charge in [0.05, 0.1) is 0 Å². The first-order valence-electron chi connectivity index (χ1n) is 7.55. The lowest BCUT2D eigenvalue weighted by Gasteiger charge is -1.99. The van der Waals surface area contributed by atoms with Gasteiger partial charge in [0, 0.05) is 37.1 Å². The molecule has 0 aliphatic heterocycles. The smallest absolute Gasteiger partial charge is 0.169 e. The Bertz CT molecular complexity index is 520. The van der Waals surface area contributed by atoms with E-state index in [9.17, 15) is 0 Å². The molecule has 2 aromatic rings. The number of hydrogen-bond acceptors (Lipinski definition) is 0. The topological polar surface area (TPSA) is 7.76 Å². The Morgan fingerprint density at radius 3 is 1.36 bits per heavy atom. The second-order valence-electron chi connectivity index (χ2n) is 5.21. The highest BCUT2D eigenvalue weighted by atomic mass is 79.9.